The van der Waals surface area contributed by atoms with Gasteiger partial charge in [0.05, 0.1) is 12.1 Å². The summed E-state index contributed by atoms with van der Waals surface area (Å²) in [6.07, 6.45) is 3.67. The number of nitrogens with two attached hydrogens (primary N) is 1. The highest BCUT2D eigenvalue weighted by Crippen LogP contribution is 2.39. The van der Waals surface area contributed by atoms with E-state index >= 15 is 0 Å². The summed E-state index contributed by atoms with van der Waals surface area (Å²) in [6.45, 7) is 4.62. The van der Waals surface area contributed by atoms with E-state index in [-0.39, 0.29) is 12.1 Å². The molecule has 0 saturated heterocycles. The first kappa shape index (κ1) is 12.3. The van der Waals surface area contributed by atoms with Crippen LogP contribution in [-0.4, -0.2) is 28.8 Å². The molecule has 14 heavy (non-hydrogen) atoms. The molecule has 1 aliphatic rings. The van der Waals surface area contributed by atoms with Gasteiger partial charge in [0.15, 0.2) is 0 Å². The molecule has 1 rings (SSSR count). The van der Waals surface area contributed by atoms with Gasteiger partial charge in [-0.15, -0.1) is 0 Å². The van der Waals surface area contributed by atoms with E-state index < -0.39 is 0 Å². The van der Waals surface area contributed by atoms with Gasteiger partial charge in [0.2, 0.25) is 0 Å². The van der Waals surface area contributed by atoms with Gasteiger partial charge in [-0.05, 0) is 36.9 Å². The molecule has 0 spiro atoms. The lowest BCUT2D eigenvalue weighted by Gasteiger charge is -2.26. The fourth-order valence-corrected chi connectivity index (χ4v) is 3.02. The molecule has 0 bridgehead atoms. The van der Waals surface area contributed by atoms with Gasteiger partial charge >= 0.3 is 0 Å². The first-order valence-electron chi connectivity index (χ1n) is 5.56. The lowest BCUT2D eigenvalue weighted by Crippen LogP contribution is -2.48. The molecule has 1 saturated carbocycles. The van der Waals surface area contributed by atoms with Crippen LogP contribution in [0.25, 0.3) is 0 Å². The fraction of sp³-hybridized carbons (Fsp3) is 1.00. The molecule has 3 heteroatoms. The fourth-order valence-electron chi connectivity index (χ4n) is 1.53. The third-order valence-corrected chi connectivity index (χ3v) is 4.16. The number of hydrogen-bond acceptors (Lipinski definition) is 3. The van der Waals surface area contributed by atoms with Gasteiger partial charge in [0.1, 0.15) is 0 Å². The molecule has 1 unspecified atom stereocenters. The van der Waals surface area contributed by atoms with Crippen LogP contribution in [-0.2, 0) is 0 Å². The molecule has 1 aliphatic carbocycles. The molecule has 0 aromatic heterocycles. The number of aliphatic hydroxyl groups excluding tert-OH is 1. The molecule has 0 aliphatic heterocycles. The van der Waals surface area contributed by atoms with E-state index in [1.807, 2.05) is 11.8 Å². The second-order valence-electron chi connectivity index (χ2n) is 4.90. The first-order chi connectivity index (χ1) is 6.58. The van der Waals surface area contributed by atoms with Crippen molar-refractivity contribution in [3.8, 4) is 0 Å². The second kappa shape index (κ2) is 5.38. The smallest absolute Gasteiger partial charge is 0.0622 e. The molecule has 0 aromatic rings. The van der Waals surface area contributed by atoms with Crippen molar-refractivity contribution in [2.75, 3.05) is 18.1 Å². The highest BCUT2D eigenvalue weighted by atomic mass is 32.2. The van der Waals surface area contributed by atoms with Crippen LogP contribution in [0.2, 0.25) is 0 Å². The van der Waals surface area contributed by atoms with Gasteiger partial charge in [-0.25, -0.2) is 0 Å². The van der Waals surface area contributed by atoms with Crippen LogP contribution in [0, 0.1) is 11.8 Å². The molecule has 1 fully saturated rings. The Morgan fingerprint density at radius 1 is 1.50 bits per heavy atom. The maximum Gasteiger partial charge on any atom is 0.0622 e. The maximum absolute atomic E-state index is 9.27. The van der Waals surface area contributed by atoms with Crippen molar-refractivity contribution in [3.05, 3.63) is 0 Å². The first-order valence-corrected chi connectivity index (χ1v) is 6.71. The van der Waals surface area contributed by atoms with Gasteiger partial charge in [-0.1, -0.05) is 13.8 Å². The molecule has 0 amide bonds. The van der Waals surface area contributed by atoms with Crippen molar-refractivity contribution in [1.82, 2.24) is 0 Å². The van der Waals surface area contributed by atoms with E-state index in [0.717, 1.165) is 11.7 Å². The van der Waals surface area contributed by atoms with Gasteiger partial charge in [-0.2, -0.15) is 11.8 Å². The Balaban J connectivity index is 2.14. The van der Waals surface area contributed by atoms with E-state index in [2.05, 4.69) is 13.8 Å². The molecule has 0 radical (unpaired) electrons. The highest BCUT2D eigenvalue weighted by Gasteiger charge is 2.41. The van der Waals surface area contributed by atoms with Crippen LogP contribution in [0.1, 0.15) is 33.1 Å². The minimum absolute atomic E-state index is 0.145. The van der Waals surface area contributed by atoms with Crippen LogP contribution in [0.3, 0.4) is 0 Å². The van der Waals surface area contributed by atoms with Crippen LogP contribution in [0.15, 0.2) is 0 Å². The molecule has 1 atom stereocenters. The zero-order valence-corrected chi connectivity index (χ0v) is 10.1. The van der Waals surface area contributed by atoms with Crippen LogP contribution in [0.5, 0.6) is 0 Å². The molecule has 0 aromatic carbocycles. The molecule has 2 nitrogen and oxygen atoms in total. The summed E-state index contributed by atoms with van der Waals surface area (Å²) in [7, 11) is 0. The summed E-state index contributed by atoms with van der Waals surface area (Å²) in [5.74, 6) is 3.44. The number of rotatable bonds is 7. The average molecular weight is 217 g/mol. The van der Waals surface area contributed by atoms with Gasteiger partial charge in [-0.3, -0.25) is 0 Å². The van der Waals surface area contributed by atoms with E-state index in [0.29, 0.717) is 5.92 Å². The minimum atomic E-state index is -0.290. The van der Waals surface area contributed by atoms with Crippen molar-refractivity contribution >= 4 is 11.8 Å². The van der Waals surface area contributed by atoms with Crippen molar-refractivity contribution in [2.24, 2.45) is 17.6 Å². The normalized spacial score (nSPS) is 21.2. The number of aliphatic hydroxyl groups is 1. The predicted molar refractivity (Wildman–Crippen MR) is 63.5 cm³/mol. The SMILES string of the molecule is CC(C)CCSCC(N)(CO)C1CC1. The largest absolute Gasteiger partial charge is 0.394 e. The standard InChI is InChI=1S/C11H23NOS/c1-9(2)5-6-14-8-11(12,7-13)10-3-4-10/h9-10,13H,3-8,12H2,1-2H3. The molecule has 3 N–H and O–H groups in total. The van der Waals surface area contributed by atoms with Gasteiger partial charge < -0.3 is 10.8 Å². The van der Waals surface area contributed by atoms with Crippen LogP contribution in [0.4, 0.5) is 0 Å². The van der Waals surface area contributed by atoms with E-state index in [9.17, 15) is 5.11 Å². The highest BCUT2D eigenvalue weighted by molar-refractivity contribution is 7.99. The summed E-state index contributed by atoms with van der Waals surface area (Å²) < 4.78 is 0. The quantitative estimate of drug-likeness (QED) is 0.640. The van der Waals surface area contributed by atoms with Crippen molar-refractivity contribution in [1.29, 1.82) is 0 Å². The Hall–Kier alpha value is 0.270. The maximum atomic E-state index is 9.27. The van der Waals surface area contributed by atoms with E-state index in [4.69, 9.17) is 5.73 Å². The van der Waals surface area contributed by atoms with Crippen molar-refractivity contribution in [2.45, 2.75) is 38.6 Å². The monoisotopic (exact) mass is 217 g/mol. The topological polar surface area (TPSA) is 46.2 Å². The van der Waals surface area contributed by atoms with Crippen LogP contribution >= 0.6 is 11.8 Å². The minimum Gasteiger partial charge on any atom is -0.394 e. The third kappa shape index (κ3) is 3.79. The lowest BCUT2D eigenvalue weighted by atomic mass is 9.99. The Kier molecular flexibility index (Phi) is 4.74. The van der Waals surface area contributed by atoms with Crippen molar-refractivity contribution in [3.63, 3.8) is 0 Å². The summed E-state index contributed by atoms with van der Waals surface area (Å²) in [5, 5.41) is 9.27. The van der Waals surface area contributed by atoms with E-state index in [1.54, 1.807) is 0 Å². The molecular weight excluding hydrogens is 194 g/mol. The zero-order valence-electron chi connectivity index (χ0n) is 9.33. The Morgan fingerprint density at radius 2 is 2.14 bits per heavy atom. The van der Waals surface area contributed by atoms with Gasteiger partial charge in [0.25, 0.3) is 0 Å². The number of hydrogen-bond donors (Lipinski definition) is 2. The molecular formula is C11H23NOS. The zero-order chi connectivity index (χ0) is 10.6. The second-order valence-corrected chi connectivity index (χ2v) is 6.01. The van der Waals surface area contributed by atoms with Crippen LogP contribution < -0.4 is 5.73 Å². The summed E-state index contributed by atoms with van der Waals surface area (Å²) in [5.41, 5.74) is 5.86. The summed E-state index contributed by atoms with van der Waals surface area (Å²) in [4.78, 5) is 0. The van der Waals surface area contributed by atoms with Crippen molar-refractivity contribution < 1.29 is 5.11 Å². The average Bonchev–Trinajstić information content (AvgIpc) is 2.95. The molecule has 0 heterocycles. The predicted octanol–water partition coefficient (Wildman–Crippen LogP) is 1.87. The third-order valence-electron chi connectivity index (χ3n) is 2.90. The summed E-state index contributed by atoms with van der Waals surface area (Å²) in [6, 6.07) is 0. The summed E-state index contributed by atoms with van der Waals surface area (Å²) >= 11 is 1.90. The lowest BCUT2D eigenvalue weighted by molar-refractivity contribution is 0.194. The van der Waals surface area contributed by atoms with Gasteiger partial charge in [0, 0.05) is 5.75 Å². The van der Waals surface area contributed by atoms with E-state index in [1.165, 1.54) is 25.0 Å². The Morgan fingerprint density at radius 3 is 2.57 bits per heavy atom. The number of thioether (sulfide) groups is 1. The Labute approximate surface area is 91.6 Å². The Bertz CT molecular complexity index is 171. The molecule has 84 valence electrons.